The summed E-state index contributed by atoms with van der Waals surface area (Å²) in [5, 5.41) is 15.8. The standard InChI is InChI=1S/C20H19N3O2/c24-15-4-1-3-14(9-15)12-22-19(25)11-13-6-7-16-18(10-13)23-17-5-2-8-21-20(16)17/h1-10,17,20,23-24H,11-12H2,(H,22,25). The Hall–Kier alpha value is -3.08. The van der Waals surface area contributed by atoms with Crippen LogP contribution in [0.15, 0.2) is 59.6 Å². The maximum absolute atomic E-state index is 12.2. The van der Waals surface area contributed by atoms with Crippen LogP contribution in [0.4, 0.5) is 5.69 Å². The average molecular weight is 333 g/mol. The second kappa shape index (κ2) is 6.43. The van der Waals surface area contributed by atoms with E-state index in [2.05, 4.69) is 27.8 Å². The Bertz CT molecular complexity index is 873. The van der Waals surface area contributed by atoms with Crippen molar-refractivity contribution in [1.82, 2.24) is 5.32 Å². The first-order chi connectivity index (χ1) is 12.2. The van der Waals surface area contributed by atoms with Crippen molar-refractivity contribution in [3.63, 3.8) is 0 Å². The molecule has 2 aromatic carbocycles. The van der Waals surface area contributed by atoms with Crippen molar-refractivity contribution >= 4 is 17.8 Å². The Morgan fingerprint density at radius 2 is 2.12 bits per heavy atom. The van der Waals surface area contributed by atoms with E-state index in [1.54, 1.807) is 18.2 Å². The fourth-order valence-corrected chi connectivity index (χ4v) is 3.30. The summed E-state index contributed by atoms with van der Waals surface area (Å²) in [5.41, 5.74) is 4.07. The Balaban J connectivity index is 1.39. The summed E-state index contributed by atoms with van der Waals surface area (Å²) in [7, 11) is 0. The smallest absolute Gasteiger partial charge is 0.224 e. The number of hydrogen-bond donors (Lipinski definition) is 3. The van der Waals surface area contributed by atoms with Gasteiger partial charge in [0.25, 0.3) is 0 Å². The number of fused-ring (bicyclic) bond motifs is 3. The van der Waals surface area contributed by atoms with Crippen LogP contribution in [0.2, 0.25) is 0 Å². The van der Waals surface area contributed by atoms with Crippen LogP contribution in [0.1, 0.15) is 22.7 Å². The molecule has 25 heavy (non-hydrogen) atoms. The van der Waals surface area contributed by atoms with Gasteiger partial charge in [-0.25, -0.2) is 0 Å². The van der Waals surface area contributed by atoms with Gasteiger partial charge < -0.3 is 15.7 Å². The molecule has 0 saturated carbocycles. The highest BCUT2D eigenvalue weighted by Gasteiger charge is 2.30. The molecule has 0 spiro atoms. The number of aliphatic imine (C=N–C) groups is 1. The molecule has 0 radical (unpaired) electrons. The van der Waals surface area contributed by atoms with E-state index in [1.807, 2.05) is 30.5 Å². The normalized spacial score (nSPS) is 19.8. The molecule has 0 saturated heterocycles. The molecule has 4 rings (SSSR count). The number of amides is 1. The van der Waals surface area contributed by atoms with Gasteiger partial charge in [-0.1, -0.05) is 30.3 Å². The number of aromatic hydroxyl groups is 1. The van der Waals surface area contributed by atoms with Crippen molar-refractivity contribution in [2.24, 2.45) is 4.99 Å². The topological polar surface area (TPSA) is 73.7 Å². The van der Waals surface area contributed by atoms with Gasteiger partial charge in [0.05, 0.1) is 12.5 Å². The maximum atomic E-state index is 12.2. The summed E-state index contributed by atoms with van der Waals surface area (Å²) in [5.74, 6) is 0.159. The summed E-state index contributed by atoms with van der Waals surface area (Å²) < 4.78 is 0. The third-order valence-corrected chi connectivity index (χ3v) is 4.51. The zero-order valence-electron chi connectivity index (χ0n) is 13.6. The van der Waals surface area contributed by atoms with Gasteiger partial charge in [0.15, 0.2) is 0 Å². The van der Waals surface area contributed by atoms with E-state index in [0.717, 1.165) is 16.8 Å². The second-order valence-corrected chi connectivity index (χ2v) is 6.34. The molecule has 1 amide bonds. The summed E-state index contributed by atoms with van der Waals surface area (Å²) in [4.78, 5) is 16.7. The fourth-order valence-electron chi connectivity index (χ4n) is 3.30. The molecule has 2 atom stereocenters. The molecule has 0 aromatic heterocycles. The number of allylic oxidation sites excluding steroid dienone is 1. The summed E-state index contributed by atoms with van der Waals surface area (Å²) >= 11 is 0. The Labute approximate surface area is 146 Å². The van der Waals surface area contributed by atoms with E-state index in [9.17, 15) is 9.90 Å². The predicted octanol–water partition coefficient (Wildman–Crippen LogP) is 2.73. The lowest BCUT2D eigenvalue weighted by atomic mass is 10.00. The minimum atomic E-state index is -0.0448. The minimum Gasteiger partial charge on any atom is -0.508 e. The van der Waals surface area contributed by atoms with E-state index in [1.165, 1.54) is 5.56 Å². The van der Waals surface area contributed by atoms with Gasteiger partial charge in [-0.3, -0.25) is 9.79 Å². The number of phenols is 1. The van der Waals surface area contributed by atoms with Crippen LogP contribution < -0.4 is 10.6 Å². The molecule has 126 valence electrons. The Kier molecular flexibility index (Phi) is 3.98. The predicted molar refractivity (Wildman–Crippen MR) is 97.9 cm³/mol. The number of nitrogens with one attached hydrogen (secondary N) is 2. The first-order valence-electron chi connectivity index (χ1n) is 8.33. The van der Waals surface area contributed by atoms with E-state index < -0.39 is 0 Å². The van der Waals surface area contributed by atoms with E-state index >= 15 is 0 Å². The average Bonchev–Trinajstić information content (AvgIpc) is 2.98. The Morgan fingerprint density at radius 3 is 3.00 bits per heavy atom. The van der Waals surface area contributed by atoms with Gasteiger partial charge >= 0.3 is 0 Å². The number of carbonyl (C=O) groups excluding carboxylic acids is 1. The number of rotatable bonds is 4. The zero-order valence-corrected chi connectivity index (χ0v) is 13.6. The number of phenolic OH excluding ortho intramolecular Hbond substituents is 1. The van der Waals surface area contributed by atoms with Crippen molar-refractivity contribution < 1.29 is 9.90 Å². The number of benzene rings is 2. The highest BCUT2D eigenvalue weighted by Crippen LogP contribution is 2.38. The molecule has 2 aliphatic rings. The first kappa shape index (κ1) is 15.4. The Morgan fingerprint density at radius 1 is 1.20 bits per heavy atom. The number of anilines is 1. The third kappa shape index (κ3) is 3.26. The van der Waals surface area contributed by atoms with Gasteiger partial charge in [0.1, 0.15) is 11.8 Å². The van der Waals surface area contributed by atoms with E-state index in [-0.39, 0.29) is 23.7 Å². The van der Waals surface area contributed by atoms with E-state index in [4.69, 9.17) is 0 Å². The molecule has 2 aliphatic heterocycles. The van der Waals surface area contributed by atoms with Crippen LogP contribution in [-0.4, -0.2) is 23.3 Å². The fraction of sp³-hybridized carbons (Fsp3) is 0.200. The molecule has 2 heterocycles. The quantitative estimate of drug-likeness (QED) is 0.805. The number of carbonyl (C=O) groups is 1. The molecule has 2 aromatic rings. The van der Waals surface area contributed by atoms with Crippen LogP contribution in [0.25, 0.3) is 0 Å². The van der Waals surface area contributed by atoms with Crippen molar-refractivity contribution in [2.75, 3.05) is 5.32 Å². The maximum Gasteiger partial charge on any atom is 0.224 e. The van der Waals surface area contributed by atoms with Crippen molar-refractivity contribution in [2.45, 2.75) is 25.0 Å². The van der Waals surface area contributed by atoms with Crippen molar-refractivity contribution in [3.05, 3.63) is 71.3 Å². The monoisotopic (exact) mass is 333 g/mol. The summed E-state index contributed by atoms with van der Waals surface area (Å²) in [6, 6.07) is 13.3. The lowest BCUT2D eigenvalue weighted by Gasteiger charge is -2.14. The van der Waals surface area contributed by atoms with Gasteiger partial charge in [0.2, 0.25) is 5.91 Å². The lowest BCUT2D eigenvalue weighted by molar-refractivity contribution is -0.120. The first-order valence-corrected chi connectivity index (χ1v) is 8.33. The van der Waals surface area contributed by atoms with E-state index in [0.29, 0.717) is 13.0 Å². The second-order valence-electron chi connectivity index (χ2n) is 6.34. The van der Waals surface area contributed by atoms with Gasteiger partial charge in [-0.15, -0.1) is 0 Å². The van der Waals surface area contributed by atoms with Crippen molar-refractivity contribution in [3.8, 4) is 5.75 Å². The largest absolute Gasteiger partial charge is 0.508 e. The molecule has 3 N–H and O–H groups in total. The molecule has 5 nitrogen and oxygen atoms in total. The van der Waals surface area contributed by atoms with Crippen LogP contribution in [0.3, 0.4) is 0 Å². The van der Waals surface area contributed by atoms with Gasteiger partial charge in [0, 0.05) is 24.0 Å². The molecule has 5 heteroatoms. The SMILES string of the molecule is O=C(Cc1ccc2c(c1)NC1C=CC=NC21)NCc1cccc(O)c1. The van der Waals surface area contributed by atoms with Crippen LogP contribution in [-0.2, 0) is 17.8 Å². The molecule has 0 fully saturated rings. The molecule has 0 aliphatic carbocycles. The number of dihydropyridines is 1. The highest BCUT2D eigenvalue weighted by atomic mass is 16.3. The highest BCUT2D eigenvalue weighted by molar-refractivity contribution is 5.80. The van der Waals surface area contributed by atoms with Crippen LogP contribution in [0, 0.1) is 0 Å². The molecule has 2 unspecified atom stereocenters. The number of nitrogens with zero attached hydrogens (tertiary/aromatic N) is 1. The van der Waals surface area contributed by atoms with Crippen molar-refractivity contribution in [1.29, 1.82) is 0 Å². The number of hydrogen-bond acceptors (Lipinski definition) is 4. The van der Waals surface area contributed by atoms with Crippen LogP contribution >= 0.6 is 0 Å². The molecular weight excluding hydrogens is 314 g/mol. The lowest BCUT2D eigenvalue weighted by Crippen LogP contribution is -2.24. The molecule has 0 bridgehead atoms. The molecular formula is C20H19N3O2. The minimum absolute atomic E-state index is 0.0448. The van der Waals surface area contributed by atoms with Crippen LogP contribution in [0.5, 0.6) is 5.75 Å². The third-order valence-electron chi connectivity index (χ3n) is 4.51. The van der Waals surface area contributed by atoms with Gasteiger partial charge in [-0.05, 0) is 35.4 Å². The zero-order chi connectivity index (χ0) is 17.2. The summed E-state index contributed by atoms with van der Waals surface area (Å²) in [6.07, 6.45) is 6.22. The summed E-state index contributed by atoms with van der Waals surface area (Å²) in [6.45, 7) is 0.403. The van der Waals surface area contributed by atoms with Gasteiger partial charge in [-0.2, -0.15) is 0 Å².